The van der Waals surface area contributed by atoms with Crippen LogP contribution in [0.5, 0.6) is 0 Å². The topological polar surface area (TPSA) is 63.6 Å². The van der Waals surface area contributed by atoms with Crippen molar-refractivity contribution in [2.24, 2.45) is 5.92 Å². The predicted molar refractivity (Wildman–Crippen MR) is 78.2 cm³/mol. The molecule has 1 aromatic rings. The van der Waals surface area contributed by atoms with Gasteiger partial charge in [-0.1, -0.05) is 24.3 Å². The highest BCUT2D eigenvalue weighted by Gasteiger charge is 2.29. The number of benzene rings is 1. The smallest absolute Gasteiger partial charge is 0.315 e. The van der Waals surface area contributed by atoms with Crippen LogP contribution < -0.4 is 0 Å². The normalized spacial score (nSPS) is 17.4. The first kappa shape index (κ1) is 15.7. The molecule has 1 aliphatic rings. The van der Waals surface area contributed by atoms with E-state index >= 15 is 0 Å². The lowest BCUT2D eigenvalue weighted by atomic mass is 9.88. The fraction of sp³-hybridized carbons (Fsp3) is 0.235. The molecule has 1 aliphatic carbocycles. The lowest BCUT2D eigenvalue weighted by Gasteiger charge is -2.20. The van der Waals surface area contributed by atoms with E-state index in [1.54, 1.807) is 24.2 Å². The van der Waals surface area contributed by atoms with Crippen molar-refractivity contribution in [2.75, 3.05) is 7.11 Å². The second-order valence-electron chi connectivity index (χ2n) is 4.88. The van der Waals surface area contributed by atoms with Gasteiger partial charge in [0.15, 0.2) is 0 Å². The molecule has 0 bridgehead atoms. The molecule has 1 N–H and O–H groups in total. The summed E-state index contributed by atoms with van der Waals surface area (Å²) in [6.45, 7) is 0. The van der Waals surface area contributed by atoms with Gasteiger partial charge < -0.3 is 9.84 Å². The molecule has 1 unspecified atom stereocenters. The summed E-state index contributed by atoms with van der Waals surface area (Å²) in [5.41, 5.74) is 1.66. The van der Waals surface area contributed by atoms with Crippen LogP contribution in [0.1, 0.15) is 12.0 Å². The van der Waals surface area contributed by atoms with Gasteiger partial charge in [0.05, 0.1) is 12.7 Å². The Bertz CT molecular complexity index is 679. The van der Waals surface area contributed by atoms with E-state index in [4.69, 9.17) is 9.84 Å². The summed E-state index contributed by atoms with van der Waals surface area (Å²) in [4.78, 5) is 22.2. The number of allylic oxidation sites excluding steroid dienone is 3. The number of carboxylic acids is 1. The van der Waals surface area contributed by atoms with Crippen molar-refractivity contribution in [3.05, 3.63) is 64.7 Å². The van der Waals surface area contributed by atoms with E-state index in [0.717, 1.165) is 11.1 Å². The molecule has 22 heavy (non-hydrogen) atoms. The summed E-state index contributed by atoms with van der Waals surface area (Å²) in [7, 11) is 1.39. The fourth-order valence-electron chi connectivity index (χ4n) is 2.38. The first-order valence-corrected chi connectivity index (χ1v) is 6.74. The van der Waals surface area contributed by atoms with Crippen molar-refractivity contribution in [1.29, 1.82) is 0 Å². The van der Waals surface area contributed by atoms with Gasteiger partial charge in [-0.2, -0.15) is 0 Å². The minimum Gasteiger partial charge on any atom is -0.495 e. The average molecular weight is 302 g/mol. The highest BCUT2D eigenvalue weighted by molar-refractivity contribution is 5.83. The van der Waals surface area contributed by atoms with E-state index in [-0.39, 0.29) is 17.1 Å². The number of methoxy groups -OCH3 is 1. The van der Waals surface area contributed by atoms with Gasteiger partial charge in [0.2, 0.25) is 0 Å². The third-order valence-electron chi connectivity index (χ3n) is 3.51. The van der Waals surface area contributed by atoms with E-state index in [2.05, 4.69) is 0 Å². The SMILES string of the molecule is COC1=C(CCc2ccc(F)cc2)C=CC(C(=O)O)C1=C=O. The van der Waals surface area contributed by atoms with Gasteiger partial charge in [-0.3, -0.25) is 4.79 Å². The molecular weight excluding hydrogens is 287 g/mol. The zero-order valence-corrected chi connectivity index (χ0v) is 12.0. The van der Waals surface area contributed by atoms with Crippen molar-refractivity contribution < 1.29 is 23.8 Å². The lowest BCUT2D eigenvalue weighted by Crippen LogP contribution is -2.20. The second kappa shape index (κ2) is 6.87. The molecule has 1 atom stereocenters. The maximum Gasteiger partial charge on any atom is 0.315 e. The minimum absolute atomic E-state index is 0.00777. The summed E-state index contributed by atoms with van der Waals surface area (Å²) < 4.78 is 18.1. The van der Waals surface area contributed by atoms with E-state index in [9.17, 15) is 14.0 Å². The second-order valence-corrected chi connectivity index (χ2v) is 4.88. The third-order valence-corrected chi connectivity index (χ3v) is 3.51. The van der Waals surface area contributed by atoms with Crippen molar-refractivity contribution >= 4 is 11.9 Å². The molecule has 0 saturated carbocycles. The molecule has 2 rings (SSSR count). The van der Waals surface area contributed by atoms with Crippen molar-refractivity contribution in [3.63, 3.8) is 0 Å². The van der Waals surface area contributed by atoms with Crippen LogP contribution in [0.2, 0.25) is 0 Å². The zero-order chi connectivity index (χ0) is 16.1. The maximum absolute atomic E-state index is 12.9. The highest BCUT2D eigenvalue weighted by Crippen LogP contribution is 2.30. The Labute approximate surface area is 127 Å². The van der Waals surface area contributed by atoms with Gasteiger partial charge in [0.1, 0.15) is 23.4 Å². The summed E-state index contributed by atoms with van der Waals surface area (Å²) in [6, 6.07) is 6.14. The lowest BCUT2D eigenvalue weighted by molar-refractivity contribution is -0.138. The van der Waals surface area contributed by atoms with Gasteiger partial charge in [-0.15, -0.1) is 0 Å². The molecule has 0 fully saturated rings. The van der Waals surface area contributed by atoms with Crippen LogP contribution >= 0.6 is 0 Å². The third kappa shape index (κ3) is 3.32. The Morgan fingerprint density at radius 3 is 2.55 bits per heavy atom. The predicted octanol–water partition coefficient (Wildman–Crippen LogP) is 2.69. The number of rotatable bonds is 5. The van der Waals surface area contributed by atoms with Crippen molar-refractivity contribution in [1.82, 2.24) is 0 Å². The van der Waals surface area contributed by atoms with Gasteiger partial charge in [-0.25, -0.2) is 9.18 Å². The van der Waals surface area contributed by atoms with Crippen LogP contribution in [-0.4, -0.2) is 24.1 Å². The molecular formula is C17H15FO4. The summed E-state index contributed by atoms with van der Waals surface area (Å²) >= 11 is 0. The molecule has 0 heterocycles. The van der Waals surface area contributed by atoms with Crippen LogP contribution in [-0.2, 0) is 20.7 Å². The van der Waals surface area contributed by atoms with E-state index < -0.39 is 11.9 Å². The Kier molecular flexibility index (Phi) is 4.92. The Morgan fingerprint density at radius 1 is 1.32 bits per heavy atom. The summed E-state index contributed by atoms with van der Waals surface area (Å²) in [6.07, 6.45) is 4.27. The Balaban J connectivity index is 2.21. The van der Waals surface area contributed by atoms with E-state index in [1.807, 2.05) is 0 Å². The van der Waals surface area contributed by atoms with Gasteiger partial charge >= 0.3 is 5.97 Å². The van der Waals surface area contributed by atoms with Crippen LogP contribution in [0.15, 0.2) is 53.3 Å². The number of hydrogen-bond acceptors (Lipinski definition) is 3. The van der Waals surface area contributed by atoms with Crippen LogP contribution in [0.3, 0.4) is 0 Å². The molecule has 4 nitrogen and oxygen atoms in total. The number of carbonyl (C=O) groups is 1. The summed E-state index contributed by atoms with van der Waals surface area (Å²) in [5.74, 6) is -0.530. The molecule has 5 heteroatoms. The highest BCUT2D eigenvalue weighted by atomic mass is 19.1. The largest absolute Gasteiger partial charge is 0.495 e. The van der Waals surface area contributed by atoms with Gasteiger partial charge in [0, 0.05) is 0 Å². The molecule has 114 valence electrons. The average Bonchev–Trinajstić information content (AvgIpc) is 2.53. The van der Waals surface area contributed by atoms with Crippen LogP contribution in [0, 0.1) is 11.7 Å². The number of aryl methyl sites for hydroxylation is 1. The number of carbonyl (C=O) groups excluding carboxylic acids is 1. The Hall–Kier alpha value is -2.65. The van der Waals surface area contributed by atoms with Crippen LogP contribution in [0.25, 0.3) is 0 Å². The molecule has 0 aromatic heterocycles. The van der Waals surface area contributed by atoms with Gasteiger partial charge in [-0.05, 0) is 36.1 Å². The number of aliphatic carboxylic acids is 1. The quantitative estimate of drug-likeness (QED) is 0.849. The monoisotopic (exact) mass is 302 g/mol. The minimum atomic E-state index is -1.12. The molecule has 0 radical (unpaired) electrons. The fourth-order valence-corrected chi connectivity index (χ4v) is 2.38. The Morgan fingerprint density at radius 2 is 2.00 bits per heavy atom. The van der Waals surface area contributed by atoms with E-state index in [0.29, 0.717) is 12.8 Å². The van der Waals surface area contributed by atoms with E-state index in [1.165, 1.54) is 25.3 Å². The summed E-state index contributed by atoms with van der Waals surface area (Å²) in [5, 5.41) is 9.11. The first-order chi connectivity index (χ1) is 10.6. The van der Waals surface area contributed by atoms with Crippen LogP contribution in [0.4, 0.5) is 4.39 Å². The molecule has 0 saturated heterocycles. The molecule has 0 spiro atoms. The molecule has 1 aromatic carbocycles. The van der Waals surface area contributed by atoms with Crippen molar-refractivity contribution in [2.45, 2.75) is 12.8 Å². The standard InChI is InChI=1S/C17H15FO4/c1-22-16-12(5-2-11-3-7-13(18)8-4-11)6-9-14(17(20)21)15(16)10-19/h3-4,6-9,14H,2,5H2,1H3,(H,20,21). The molecule has 0 aliphatic heterocycles. The number of ether oxygens (including phenoxy) is 1. The number of halogens is 1. The first-order valence-electron chi connectivity index (χ1n) is 6.74. The molecule has 0 amide bonds. The van der Waals surface area contributed by atoms with Crippen molar-refractivity contribution in [3.8, 4) is 0 Å². The van der Waals surface area contributed by atoms with Gasteiger partial charge in [0.25, 0.3) is 0 Å². The number of hydrogen-bond donors (Lipinski definition) is 1. The maximum atomic E-state index is 12.9. The number of carboxylic acid groups (broad SMARTS) is 1. The zero-order valence-electron chi connectivity index (χ0n) is 12.0.